The third-order valence-corrected chi connectivity index (χ3v) is 8.66. The van der Waals surface area contributed by atoms with E-state index in [2.05, 4.69) is 0 Å². The fourth-order valence-electron chi connectivity index (χ4n) is 5.64. The van der Waals surface area contributed by atoms with Crippen molar-refractivity contribution in [2.24, 2.45) is 0 Å². The Morgan fingerprint density at radius 2 is 1.75 bits per heavy atom. The molecule has 2 unspecified atom stereocenters. The molecule has 0 spiro atoms. The molecule has 5 rings (SSSR count). The normalized spacial score (nSPS) is 17.5. The molecule has 3 aromatic rings. The van der Waals surface area contributed by atoms with Gasteiger partial charge < -0.3 is 18.9 Å². The maximum Gasteiger partial charge on any atom is 0.417 e. The van der Waals surface area contributed by atoms with Crippen molar-refractivity contribution in [1.82, 2.24) is 0 Å². The number of hydrogen-bond acceptors (Lipinski definition) is 7. The monoisotopic (exact) mass is 640 g/mol. The zero-order valence-electron chi connectivity index (χ0n) is 23.8. The highest BCUT2D eigenvalue weighted by molar-refractivity contribution is 7.90. The lowest BCUT2D eigenvalue weighted by Gasteiger charge is -2.20. The molecule has 236 valence electrons. The number of hydrogen-bond donors (Lipinski definition) is 0. The number of methoxy groups -OCH3 is 1. The lowest BCUT2D eigenvalue weighted by atomic mass is 9.91. The van der Waals surface area contributed by atoms with Crippen LogP contribution in [-0.4, -0.2) is 46.7 Å². The van der Waals surface area contributed by atoms with Crippen LogP contribution in [0, 0.1) is 11.6 Å². The van der Waals surface area contributed by atoms with Gasteiger partial charge in [0, 0.05) is 23.8 Å². The lowest BCUT2D eigenvalue weighted by Crippen LogP contribution is -2.11. The smallest absolute Gasteiger partial charge is 0.417 e. The van der Waals surface area contributed by atoms with E-state index in [9.17, 15) is 26.4 Å². The molecule has 1 aliphatic carbocycles. The zero-order valence-corrected chi connectivity index (χ0v) is 24.6. The predicted octanol–water partition coefficient (Wildman–Crippen LogP) is 6.57. The van der Waals surface area contributed by atoms with Crippen LogP contribution >= 0.6 is 0 Å². The number of fused-ring (bicyclic) bond motifs is 2. The highest BCUT2D eigenvalue weighted by Gasteiger charge is 2.39. The van der Waals surface area contributed by atoms with Crippen LogP contribution in [0.2, 0.25) is 0 Å². The molecule has 1 aliphatic heterocycles. The van der Waals surface area contributed by atoms with Crippen molar-refractivity contribution in [2.75, 3.05) is 32.3 Å². The summed E-state index contributed by atoms with van der Waals surface area (Å²) in [5.74, 6) is -3.06. The number of benzene rings is 3. The molecule has 0 N–H and O–H groups in total. The Morgan fingerprint density at radius 3 is 2.41 bits per heavy atom. The standard InChI is InChI=1S/C31H29F5O7S/c1-40-28(37)14-18-16-42-27-15-19(4-5-20(18)27)43-26-9-7-22-21(26)6-8-23(31(34,35)36)29(22)17-12-24(32)30(25(33)13-17)41-10-3-11-44(2,38)39/h4-6,8,12-13,15,18,26H,3,7,9-11,14,16H2,1-2H3. The van der Waals surface area contributed by atoms with Crippen LogP contribution in [0.4, 0.5) is 22.0 Å². The number of rotatable bonds is 10. The molecule has 0 amide bonds. The van der Waals surface area contributed by atoms with E-state index >= 15 is 8.78 Å². The van der Waals surface area contributed by atoms with Gasteiger partial charge in [0.05, 0.1) is 38.1 Å². The first-order chi connectivity index (χ1) is 20.7. The molecule has 7 nitrogen and oxygen atoms in total. The molecule has 0 saturated heterocycles. The van der Waals surface area contributed by atoms with Gasteiger partial charge in [0.15, 0.2) is 17.4 Å². The summed E-state index contributed by atoms with van der Waals surface area (Å²) < 4.78 is 117. The summed E-state index contributed by atoms with van der Waals surface area (Å²) in [7, 11) is -2.00. The van der Waals surface area contributed by atoms with Crippen LogP contribution in [-0.2, 0) is 32.0 Å². The summed E-state index contributed by atoms with van der Waals surface area (Å²) in [4.78, 5) is 11.7. The molecule has 0 bridgehead atoms. The Kier molecular flexibility index (Phi) is 8.79. The van der Waals surface area contributed by atoms with Crippen molar-refractivity contribution < 1.29 is 54.1 Å². The Bertz CT molecular complexity index is 1660. The van der Waals surface area contributed by atoms with Crippen molar-refractivity contribution in [1.29, 1.82) is 0 Å². The van der Waals surface area contributed by atoms with Gasteiger partial charge >= 0.3 is 12.1 Å². The van der Waals surface area contributed by atoms with Crippen LogP contribution < -0.4 is 14.2 Å². The van der Waals surface area contributed by atoms with Crippen LogP contribution in [0.25, 0.3) is 11.1 Å². The summed E-state index contributed by atoms with van der Waals surface area (Å²) in [6.45, 7) is -0.00515. The maximum absolute atomic E-state index is 15.0. The third-order valence-electron chi connectivity index (χ3n) is 7.63. The van der Waals surface area contributed by atoms with Crippen molar-refractivity contribution in [2.45, 2.75) is 43.9 Å². The summed E-state index contributed by atoms with van der Waals surface area (Å²) in [5.41, 5.74) is -0.152. The van der Waals surface area contributed by atoms with Gasteiger partial charge in [-0.2, -0.15) is 13.2 Å². The highest BCUT2D eigenvalue weighted by atomic mass is 32.2. The van der Waals surface area contributed by atoms with Gasteiger partial charge in [-0.25, -0.2) is 17.2 Å². The number of carbonyl (C=O) groups is 1. The van der Waals surface area contributed by atoms with Gasteiger partial charge in [0.2, 0.25) is 0 Å². The highest BCUT2D eigenvalue weighted by Crippen LogP contribution is 2.47. The second-order valence-electron chi connectivity index (χ2n) is 10.8. The van der Waals surface area contributed by atoms with Crippen molar-refractivity contribution in [3.63, 3.8) is 0 Å². The van der Waals surface area contributed by atoms with E-state index in [1.807, 2.05) is 0 Å². The number of halogens is 5. The number of sulfone groups is 1. The van der Waals surface area contributed by atoms with Crippen LogP contribution in [0.5, 0.6) is 17.2 Å². The van der Waals surface area contributed by atoms with Crippen LogP contribution in [0.3, 0.4) is 0 Å². The molecule has 0 fully saturated rings. The van der Waals surface area contributed by atoms with E-state index in [1.54, 1.807) is 18.2 Å². The second kappa shape index (κ2) is 12.3. The zero-order chi connectivity index (χ0) is 31.8. The number of carbonyl (C=O) groups excluding carboxylic acids is 1. The second-order valence-corrected chi connectivity index (χ2v) is 13.0. The molecule has 44 heavy (non-hydrogen) atoms. The molecule has 0 aromatic heterocycles. The van der Waals surface area contributed by atoms with Gasteiger partial charge in [-0.15, -0.1) is 0 Å². The average Bonchev–Trinajstić information content (AvgIpc) is 3.54. The Morgan fingerprint density at radius 1 is 1.05 bits per heavy atom. The topological polar surface area (TPSA) is 88.1 Å². The van der Waals surface area contributed by atoms with Gasteiger partial charge in [-0.1, -0.05) is 12.1 Å². The van der Waals surface area contributed by atoms with E-state index in [0.29, 0.717) is 30.1 Å². The van der Waals surface area contributed by atoms with Gasteiger partial charge in [0.25, 0.3) is 0 Å². The number of ether oxygens (including phenoxy) is 4. The first kappa shape index (κ1) is 31.6. The minimum Gasteiger partial charge on any atom is -0.492 e. The Labute approximate surface area is 250 Å². The maximum atomic E-state index is 15.0. The van der Waals surface area contributed by atoms with E-state index in [4.69, 9.17) is 18.9 Å². The van der Waals surface area contributed by atoms with Crippen LogP contribution in [0.15, 0.2) is 42.5 Å². The summed E-state index contributed by atoms with van der Waals surface area (Å²) in [6.07, 6.45) is -3.82. The molecule has 0 saturated carbocycles. The van der Waals surface area contributed by atoms with Gasteiger partial charge in [-0.05, 0) is 65.8 Å². The van der Waals surface area contributed by atoms with E-state index in [0.717, 1.165) is 30.0 Å². The summed E-state index contributed by atoms with van der Waals surface area (Å²) >= 11 is 0. The Hall–Kier alpha value is -3.87. The average molecular weight is 641 g/mol. The van der Waals surface area contributed by atoms with Crippen molar-refractivity contribution >= 4 is 15.8 Å². The molecular formula is C31H29F5O7S. The molecular weight excluding hydrogens is 611 g/mol. The third kappa shape index (κ3) is 6.77. The van der Waals surface area contributed by atoms with E-state index < -0.39 is 45.1 Å². The SMILES string of the molecule is COC(=O)CC1COc2cc(OC3CCc4c3ccc(C(F)(F)F)c4-c3cc(F)c(OCCCS(C)(=O)=O)c(F)c3)ccc21. The van der Waals surface area contributed by atoms with Crippen LogP contribution in [0.1, 0.15) is 53.5 Å². The molecule has 2 atom stereocenters. The lowest BCUT2D eigenvalue weighted by molar-refractivity contribution is -0.141. The summed E-state index contributed by atoms with van der Waals surface area (Å²) in [6, 6.07) is 8.91. The quantitative estimate of drug-likeness (QED) is 0.141. The molecule has 1 heterocycles. The molecule has 0 radical (unpaired) electrons. The fraction of sp³-hybridized carbons (Fsp3) is 0.387. The molecule has 3 aromatic carbocycles. The Balaban J connectivity index is 1.42. The fourth-order valence-corrected chi connectivity index (χ4v) is 6.28. The summed E-state index contributed by atoms with van der Waals surface area (Å²) in [5, 5.41) is 0. The molecule has 2 aliphatic rings. The first-order valence-corrected chi connectivity index (χ1v) is 15.8. The predicted molar refractivity (Wildman–Crippen MR) is 150 cm³/mol. The first-order valence-electron chi connectivity index (χ1n) is 13.8. The van der Waals surface area contributed by atoms with Gasteiger partial charge in [-0.3, -0.25) is 4.79 Å². The number of alkyl halides is 3. The minimum absolute atomic E-state index is 0.0182. The largest absolute Gasteiger partial charge is 0.492 e. The van der Waals surface area contributed by atoms with E-state index in [-0.39, 0.29) is 60.2 Å². The number of esters is 1. The van der Waals surface area contributed by atoms with Gasteiger partial charge in [0.1, 0.15) is 27.4 Å². The van der Waals surface area contributed by atoms with E-state index in [1.165, 1.54) is 13.2 Å². The molecule has 13 heteroatoms. The van der Waals surface area contributed by atoms with Crippen molar-refractivity contribution in [3.8, 4) is 28.4 Å². The minimum atomic E-state index is -4.81. The van der Waals surface area contributed by atoms with Crippen molar-refractivity contribution in [3.05, 3.63) is 76.4 Å².